The van der Waals surface area contributed by atoms with Crippen molar-refractivity contribution < 1.29 is 14.7 Å². The number of thioether (sulfide) groups is 1. The first-order valence-corrected chi connectivity index (χ1v) is 8.43. The van der Waals surface area contributed by atoms with Crippen molar-refractivity contribution in [3.05, 3.63) is 69.6 Å². The van der Waals surface area contributed by atoms with E-state index in [1.807, 2.05) is 6.07 Å². The second kappa shape index (κ2) is 6.76. The fourth-order valence-corrected chi connectivity index (χ4v) is 3.71. The van der Waals surface area contributed by atoms with Gasteiger partial charge in [0.25, 0.3) is 5.91 Å². The number of halogens is 1. The number of rotatable bonds is 3. The molecule has 1 aliphatic rings. The largest absolute Gasteiger partial charge is 0.478 e. The molecule has 0 atom stereocenters. The monoisotopic (exact) mass is 375 g/mol. The second-order valence-corrected chi connectivity index (χ2v) is 7.04. The Kier molecular flexibility index (Phi) is 4.71. The predicted molar refractivity (Wildman–Crippen MR) is 101 cm³/mol. The Morgan fingerprint density at radius 1 is 1.21 bits per heavy atom. The molecular weight excluding hydrogens is 366 g/mol. The van der Waals surface area contributed by atoms with Crippen LogP contribution < -0.4 is 4.90 Å². The van der Waals surface area contributed by atoms with E-state index in [1.54, 1.807) is 36.4 Å². The zero-order valence-corrected chi connectivity index (χ0v) is 14.5. The van der Waals surface area contributed by atoms with Gasteiger partial charge in [0.05, 0.1) is 16.2 Å². The van der Waals surface area contributed by atoms with E-state index in [9.17, 15) is 9.59 Å². The van der Waals surface area contributed by atoms with Crippen LogP contribution in [0, 0.1) is 0 Å². The Morgan fingerprint density at radius 3 is 2.67 bits per heavy atom. The first-order chi connectivity index (χ1) is 11.5. The molecule has 1 aliphatic heterocycles. The molecule has 2 aromatic rings. The van der Waals surface area contributed by atoms with Gasteiger partial charge in [-0.2, -0.15) is 0 Å². The quantitative estimate of drug-likeness (QED) is 0.634. The summed E-state index contributed by atoms with van der Waals surface area (Å²) in [5, 5.41) is 9.67. The third-order valence-electron chi connectivity index (χ3n) is 3.29. The highest BCUT2D eigenvalue weighted by atomic mass is 35.5. The van der Waals surface area contributed by atoms with Gasteiger partial charge in [0.2, 0.25) is 0 Å². The van der Waals surface area contributed by atoms with Crippen LogP contribution in [0.25, 0.3) is 6.08 Å². The summed E-state index contributed by atoms with van der Waals surface area (Å²) in [6, 6.07) is 13.3. The number of hydrogen-bond acceptors (Lipinski definition) is 4. The highest BCUT2D eigenvalue weighted by Crippen LogP contribution is 2.36. The molecule has 1 heterocycles. The van der Waals surface area contributed by atoms with Gasteiger partial charge in [-0.25, -0.2) is 4.79 Å². The van der Waals surface area contributed by atoms with Crippen molar-refractivity contribution in [2.45, 2.75) is 0 Å². The van der Waals surface area contributed by atoms with Crippen LogP contribution in [-0.4, -0.2) is 21.3 Å². The number of anilines is 1. The molecular formula is C17H10ClNO3S2. The minimum Gasteiger partial charge on any atom is -0.478 e. The summed E-state index contributed by atoms with van der Waals surface area (Å²) in [5.74, 6) is -1.34. The maximum Gasteiger partial charge on any atom is 0.335 e. The molecule has 0 aliphatic carbocycles. The van der Waals surface area contributed by atoms with Crippen LogP contribution in [-0.2, 0) is 4.79 Å². The fraction of sp³-hybridized carbons (Fsp3) is 0. The van der Waals surface area contributed by atoms with Crippen LogP contribution in [0.5, 0.6) is 0 Å². The highest BCUT2D eigenvalue weighted by Gasteiger charge is 2.33. The molecule has 0 bridgehead atoms. The molecule has 4 nitrogen and oxygen atoms in total. The van der Waals surface area contributed by atoms with E-state index in [2.05, 4.69) is 0 Å². The predicted octanol–water partition coefficient (Wildman–Crippen LogP) is 4.44. The van der Waals surface area contributed by atoms with Gasteiger partial charge < -0.3 is 5.11 Å². The van der Waals surface area contributed by atoms with Crippen molar-refractivity contribution >= 4 is 63.5 Å². The van der Waals surface area contributed by atoms with Crippen LogP contribution in [0.4, 0.5) is 5.69 Å². The molecule has 0 radical (unpaired) electrons. The Hall–Kier alpha value is -2.15. The maximum absolute atomic E-state index is 12.7. The third-order valence-corrected chi connectivity index (χ3v) is 4.83. The van der Waals surface area contributed by atoms with E-state index in [4.69, 9.17) is 28.9 Å². The van der Waals surface area contributed by atoms with Crippen molar-refractivity contribution in [3.8, 4) is 0 Å². The highest BCUT2D eigenvalue weighted by molar-refractivity contribution is 8.27. The molecule has 1 saturated heterocycles. The Labute approximate surface area is 152 Å². The van der Waals surface area contributed by atoms with Crippen LogP contribution in [0.3, 0.4) is 0 Å². The molecule has 7 heteroatoms. The van der Waals surface area contributed by atoms with E-state index < -0.39 is 5.97 Å². The summed E-state index contributed by atoms with van der Waals surface area (Å²) in [7, 11) is 0. The smallest absolute Gasteiger partial charge is 0.335 e. The number of carbonyl (C=O) groups excluding carboxylic acids is 1. The number of aromatic carboxylic acids is 1. The molecule has 1 amide bonds. The molecule has 3 rings (SSSR count). The molecule has 0 aromatic heterocycles. The molecule has 0 spiro atoms. The second-order valence-electron chi connectivity index (χ2n) is 4.93. The number of nitrogens with zero attached hydrogens (tertiary/aromatic N) is 1. The first-order valence-electron chi connectivity index (χ1n) is 6.82. The molecule has 120 valence electrons. The molecule has 1 N–H and O–H groups in total. The third kappa shape index (κ3) is 3.36. The fourth-order valence-electron chi connectivity index (χ4n) is 2.22. The summed E-state index contributed by atoms with van der Waals surface area (Å²) >= 11 is 12.4. The SMILES string of the molecule is O=C(O)c1cccc(N2C(=O)/C(=C\c3cccc(Cl)c3)SC2=S)c1. The van der Waals surface area contributed by atoms with Gasteiger partial charge >= 0.3 is 5.97 Å². The van der Waals surface area contributed by atoms with Gasteiger partial charge in [-0.05, 0) is 42.0 Å². The van der Waals surface area contributed by atoms with Crippen LogP contribution >= 0.6 is 35.6 Å². The zero-order chi connectivity index (χ0) is 17.3. The first kappa shape index (κ1) is 16.7. The summed E-state index contributed by atoms with van der Waals surface area (Å²) in [4.78, 5) is 25.6. The number of hydrogen-bond donors (Lipinski definition) is 1. The van der Waals surface area contributed by atoms with Gasteiger partial charge in [0.1, 0.15) is 0 Å². The minimum atomic E-state index is -1.06. The number of carboxylic acids is 1. The van der Waals surface area contributed by atoms with Crippen molar-refractivity contribution in [2.75, 3.05) is 4.90 Å². The molecule has 0 unspecified atom stereocenters. The van der Waals surface area contributed by atoms with Crippen LogP contribution in [0.1, 0.15) is 15.9 Å². The van der Waals surface area contributed by atoms with E-state index in [0.29, 0.717) is 19.9 Å². The number of thiocarbonyl (C=S) groups is 1. The van der Waals surface area contributed by atoms with E-state index in [-0.39, 0.29) is 11.5 Å². The normalized spacial score (nSPS) is 16.0. The van der Waals surface area contributed by atoms with Crippen molar-refractivity contribution in [2.24, 2.45) is 0 Å². The van der Waals surface area contributed by atoms with Gasteiger partial charge in [0.15, 0.2) is 4.32 Å². The van der Waals surface area contributed by atoms with Crippen molar-refractivity contribution in [1.29, 1.82) is 0 Å². The topological polar surface area (TPSA) is 57.6 Å². The lowest BCUT2D eigenvalue weighted by Crippen LogP contribution is -2.27. The summed E-state index contributed by atoms with van der Waals surface area (Å²) in [6.45, 7) is 0. The standard InChI is InChI=1S/C17H10ClNO3S2/c18-12-5-1-3-10(7-12)8-14-15(20)19(17(23)24-14)13-6-2-4-11(9-13)16(21)22/h1-9H,(H,21,22)/b14-8+. The average molecular weight is 376 g/mol. The van der Waals surface area contributed by atoms with E-state index >= 15 is 0 Å². The molecule has 24 heavy (non-hydrogen) atoms. The summed E-state index contributed by atoms with van der Waals surface area (Å²) in [5.41, 5.74) is 1.33. The Bertz CT molecular complexity index is 895. The number of amides is 1. The number of benzene rings is 2. The van der Waals surface area contributed by atoms with Gasteiger partial charge in [-0.3, -0.25) is 9.69 Å². The number of carbonyl (C=O) groups is 2. The van der Waals surface area contributed by atoms with Crippen molar-refractivity contribution in [3.63, 3.8) is 0 Å². The van der Waals surface area contributed by atoms with Gasteiger partial charge in [-0.1, -0.05) is 53.8 Å². The molecule has 0 saturated carbocycles. The number of carboxylic acid groups (broad SMARTS) is 1. The van der Waals surface area contributed by atoms with Crippen LogP contribution in [0.15, 0.2) is 53.4 Å². The zero-order valence-electron chi connectivity index (χ0n) is 12.1. The minimum absolute atomic E-state index is 0.0976. The van der Waals surface area contributed by atoms with Crippen LogP contribution in [0.2, 0.25) is 5.02 Å². The van der Waals surface area contributed by atoms with E-state index in [1.165, 1.54) is 28.8 Å². The summed E-state index contributed by atoms with van der Waals surface area (Å²) < 4.78 is 0.357. The Balaban J connectivity index is 1.95. The lowest BCUT2D eigenvalue weighted by Gasteiger charge is -2.14. The van der Waals surface area contributed by atoms with Crippen molar-refractivity contribution in [1.82, 2.24) is 0 Å². The van der Waals surface area contributed by atoms with Gasteiger partial charge in [-0.15, -0.1) is 0 Å². The molecule has 1 fully saturated rings. The average Bonchev–Trinajstić information content (AvgIpc) is 2.81. The van der Waals surface area contributed by atoms with E-state index in [0.717, 1.165) is 5.56 Å². The molecule has 2 aromatic carbocycles. The summed E-state index contributed by atoms with van der Waals surface area (Å²) in [6.07, 6.45) is 1.71. The Morgan fingerprint density at radius 2 is 1.96 bits per heavy atom. The lowest BCUT2D eigenvalue weighted by molar-refractivity contribution is -0.113. The maximum atomic E-state index is 12.7. The van der Waals surface area contributed by atoms with Gasteiger partial charge in [0, 0.05) is 5.02 Å². The lowest BCUT2D eigenvalue weighted by atomic mass is 10.2.